The van der Waals surface area contributed by atoms with Gasteiger partial charge in [-0.25, -0.2) is 4.98 Å². The molecule has 1 N–H and O–H groups in total. The van der Waals surface area contributed by atoms with Crippen molar-refractivity contribution in [3.05, 3.63) is 30.1 Å². The SMILES string of the molecule is CCCn1c(CC(C)(O)C2CC2)nc2ccccc21. The Morgan fingerprint density at radius 3 is 2.79 bits per heavy atom. The number of hydrogen-bond donors (Lipinski definition) is 1. The molecule has 1 heterocycles. The topological polar surface area (TPSA) is 38.0 Å². The van der Waals surface area contributed by atoms with Crippen LogP contribution in [-0.4, -0.2) is 20.3 Å². The van der Waals surface area contributed by atoms with Gasteiger partial charge in [0, 0.05) is 13.0 Å². The quantitative estimate of drug-likeness (QED) is 0.894. The fourth-order valence-corrected chi connectivity index (χ4v) is 2.90. The number of rotatable bonds is 5. The molecule has 1 fully saturated rings. The van der Waals surface area contributed by atoms with E-state index in [9.17, 15) is 5.11 Å². The molecule has 0 bridgehead atoms. The van der Waals surface area contributed by atoms with E-state index in [1.807, 2.05) is 13.0 Å². The average Bonchev–Trinajstić information content (AvgIpc) is 3.17. The van der Waals surface area contributed by atoms with E-state index < -0.39 is 5.60 Å². The third-order valence-electron chi connectivity index (χ3n) is 4.15. The number of aliphatic hydroxyl groups is 1. The highest BCUT2D eigenvalue weighted by atomic mass is 16.3. The standard InChI is InChI=1S/C16H22N2O/c1-3-10-18-14-7-5-4-6-13(14)17-15(18)11-16(2,19)12-8-9-12/h4-7,12,19H,3,8-11H2,1-2H3. The lowest BCUT2D eigenvalue weighted by molar-refractivity contribution is 0.0345. The summed E-state index contributed by atoms with van der Waals surface area (Å²) in [4.78, 5) is 4.73. The maximum Gasteiger partial charge on any atom is 0.112 e. The maximum atomic E-state index is 10.6. The van der Waals surface area contributed by atoms with Crippen LogP contribution in [0.4, 0.5) is 0 Å². The second-order valence-electron chi connectivity index (χ2n) is 5.98. The Balaban J connectivity index is 1.99. The number of para-hydroxylation sites is 2. The lowest BCUT2D eigenvalue weighted by atomic mass is 9.96. The third-order valence-corrected chi connectivity index (χ3v) is 4.15. The van der Waals surface area contributed by atoms with Crippen LogP contribution >= 0.6 is 0 Å². The van der Waals surface area contributed by atoms with Crippen LogP contribution in [0.15, 0.2) is 24.3 Å². The fourth-order valence-electron chi connectivity index (χ4n) is 2.90. The van der Waals surface area contributed by atoms with Gasteiger partial charge in [0.2, 0.25) is 0 Å². The molecule has 3 heteroatoms. The maximum absolute atomic E-state index is 10.6. The molecule has 0 saturated heterocycles. The van der Waals surface area contributed by atoms with Crippen molar-refractivity contribution in [3.63, 3.8) is 0 Å². The van der Waals surface area contributed by atoms with Crippen molar-refractivity contribution in [1.82, 2.24) is 9.55 Å². The van der Waals surface area contributed by atoms with Crippen LogP contribution in [0.25, 0.3) is 11.0 Å². The molecule has 0 aliphatic heterocycles. The van der Waals surface area contributed by atoms with E-state index in [2.05, 4.69) is 29.7 Å². The first-order valence-corrected chi connectivity index (χ1v) is 7.28. The number of nitrogens with zero attached hydrogens (tertiary/aromatic N) is 2. The summed E-state index contributed by atoms with van der Waals surface area (Å²) in [6.07, 6.45) is 4.05. The Morgan fingerprint density at radius 1 is 1.37 bits per heavy atom. The Kier molecular flexibility index (Phi) is 3.09. The van der Waals surface area contributed by atoms with E-state index in [-0.39, 0.29) is 0 Å². The van der Waals surface area contributed by atoms with Gasteiger partial charge in [-0.15, -0.1) is 0 Å². The minimum absolute atomic E-state index is 0.461. The Bertz CT molecular complexity index is 581. The highest BCUT2D eigenvalue weighted by molar-refractivity contribution is 5.75. The molecule has 1 aliphatic rings. The number of benzene rings is 1. The van der Waals surface area contributed by atoms with E-state index in [1.165, 1.54) is 5.52 Å². The summed E-state index contributed by atoms with van der Waals surface area (Å²) in [7, 11) is 0. The predicted octanol–water partition coefficient (Wildman–Crippen LogP) is 3.15. The van der Waals surface area contributed by atoms with Crippen LogP contribution in [0.2, 0.25) is 0 Å². The average molecular weight is 258 g/mol. The first-order valence-electron chi connectivity index (χ1n) is 7.28. The second kappa shape index (κ2) is 4.64. The third kappa shape index (κ3) is 2.39. The molecule has 1 atom stereocenters. The minimum atomic E-state index is -0.604. The van der Waals surface area contributed by atoms with Gasteiger partial charge in [0.15, 0.2) is 0 Å². The van der Waals surface area contributed by atoms with Crippen LogP contribution in [-0.2, 0) is 13.0 Å². The van der Waals surface area contributed by atoms with Crippen molar-refractivity contribution in [2.75, 3.05) is 0 Å². The van der Waals surface area contributed by atoms with Gasteiger partial charge in [0.05, 0.1) is 16.6 Å². The van der Waals surface area contributed by atoms with Gasteiger partial charge >= 0.3 is 0 Å². The lowest BCUT2D eigenvalue weighted by Gasteiger charge is -2.23. The molecule has 2 aromatic rings. The summed E-state index contributed by atoms with van der Waals surface area (Å²) in [6.45, 7) is 5.11. The smallest absolute Gasteiger partial charge is 0.112 e. The summed E-state index contributed by atoms with van der Waals surface area (Å²) < 4.78 is 2.27. The first-order chi connectivity index (χ1) is 9.12. The molecule has 0 amide bonds. The Hall–Kier alpha value is -1.35. The van der Waals surface area contributed by atoms with Crippen molar-refractivity contribution in [2.24, 2.45) is 5.92 Å². The first kappa shape index (κ1) is 12.7. The molecule has 19 heavy (non-hydrogen) atoms. The van der Waals surface area contributed by atoms with E-state index in [1.54, 1.807) is 0 Å². The molecule has 1 unspecified atom stereocenters. The van der Waals surface area contributed by atoms with Gasteiger partial charge in [-0.1, -0.05) is 19.1 Å². The molecule has 3 nitrogen and oxygen atoms in total. The van der Waals surface area contributed by atoms with Gasteiger partial charge in [-0.3, -0.25) is 0 Å². The van der Waals surface area contributed by atoms with E-state index in [0.29, 0.717) is 12.3 Å². The van der Waals surface area contributed by atoms with Gasteiger partial charge in [0.1, 0.15) is 5.82 Å². The zero-order valence-corrected chi connectivity index (χ0v) is 11.8. The van der Waals surface area contributed by atoms with Crippen LogP contribution in [0.5, 0.6) is 0 Å². The van der Waals surface area contributed by atoms with E-state index in [4.69, 9.17) is 4.98 Å². The van der Waals surface area contributed by atoms with Gasteiger partial charge in [-0.05, 0) is 44.2 Å². The molecule has 1 aromatic heterocycles. The lowest BCUT2D eigenvalue weighted by Crippen LogP contribution is -2.31. The highest BCUT2D eigenvalue weighted by Crippen LogP contribution is 2.41. The van der Waals surface area contributed by atoms with Crippen LogP contribution in [0, 0.1) is 5.92 Å². The zero-order valence-electron chi connectivity index (χ0n) is 11.8. The molecule has 1 saturated carbocycles. The zero-order chi connectivity index (χ0) is 13.5. The number of hydrogen-bond acceptors (Lipinski definition) is 2. The molecule has 0 spiro atoms. The van der Waals surface area contributed by atoms with Gasteiger partial charge in [-0.2, -0.15) is 0 Å². The molecular formula is C16H22N2O. The number of imidazole rings is 1. The summed E-state index contributed by atoms with van der Waals surface area (Å²) >= 11 is 0. The number of aryl methyl sites for hydroxylation is 1. The largest absolute Gasteiger partial charge is 0.389 e. The molecule has 102 valence electrons. The minimum Gasteiger partial charge on any atom is -0.389 e. The predicted molar refractivity (Wildman–Crippen MR) is 77.1 cm³/mol. The van der Waals surface area contributed by atoms with Crippen LogP contribution in [0.3, 0.4) is 0 Å². The summed E-state index contributed by atoms with van der Waals surface area (Å²) in [5.74, 6) is 1.49. The van der Waals surface area contributed by atoms with E-state index >= 15 is 0 Å². The highest BCUT2D eigenvalue weighted by Gasteiger charge is 2.40. The number of fused-ring (bicyclic) bond motifs is 1. The molecule has 1 aromatic carbocycles. The second-order valence-corrected chi connectivity index (χ2v) is 5.98. The normalized spacial score (nSPS) is 18.7. The summed E-state index contributed by atoms with van der Waals surface area (Å²) in [6, 6.07) is 8.25. The van der Waals surface area contributed by atoms with Gasteiger partial charge < -0.3 is 9.67 Å². The Labute approximate surface area is 114 Å². The summed E-state index contributed by atoms with van der Waals surface area (Å²) in [5.41, 5.74) is 1.62. The fraction of sp³-hybridized carbons (Fsp3) is 0.562. The Morgan fingerprint density at radius 2 is 2.11 bits per heavy atom. The van der Waals surface area contributed by atoms with Gasteiger partial charge in [0.25, 0.3) is 0 Å². The van der Waals surface area contributed by atoms with Crippen molar-refractivity contribution in [3.8, 4) is 0 Å². The van der Waals surface area contributed by atoms with Crippen molar-refractivity contribution in [2.45, 2.75) is 51.7 Å². The number of aromatic nitrogens is 2. The van der Waals surface area contributed by atoms with Crippen molar-refractivity contribution >= 4 is 11.0 Å². The molecule has 1 aliphatic carbocycles. The van der Waals surface area contributed by atoms with Crippen LogP contribution < -0.4 is 0 Å². The monoisotopic (exact) mass is 258 g/mol. The van der Waals surface area contributed by atoms with Crippen molar-refractivity contribution in [1.29, 1.82) is 0 Å². The summed E-state index contributed by atoms with van der Waals surface area (Å²) in [5, 5.41) is 10.6. The molecular weight excluding hydrogens is 236 g/mol. The molecule has 0 radical (unpaired) electrons. The molecule has 3 rings (SSSR count). The van der Waals surface area contributed by atoms with E-state index in [0.717, 1.165) is 37.1 Å². The van der Waals surface area contributed by atoms with Crippen molar-refractivity contribution < 1.29 is 5.11 Å². The van der Waals surface area contributed by atoms with Crippen LogP contribution in [0.1, 0.15) is 38.9 Å².